The second kappa shape index (κ2) is 3.10. The largest absolute Gasteiger partial charge is 0.367 e. The van der Waals surface area contributed by atoms with E-state index in [0.29, 0.717) is 0 Å². The molecule has 0 aliphatic heterocycles. The molecule has 0 aliphatic carbocycles. The summed E-state index contributed by atoms with van der Waals surface area (Å²) in [5, 5.41) is 0. The molecule has 0 bridgehead atoms. The molecule has 0 N–H and O–H groups in total. The van der Waals surface area contributed by atoms with Crippen molar-refractivity contribution in [3.63, 3.8) is 0 Å². The Balaban J connectivity index is 4.13. The van der Waals surface area contributed by atoms with Gasteiger partial charge < -0.3 is 4.74 Å². The lowest BCUT2D eigenvalue weighted by Gasteiger charge is -2.34. The number of alkyl halides is 1. The Kier molecular flexibility index (Phi) is 3.06. The summed E-state index contributed by atoms with van der Waals surface area (Å²) < 4.78 is 18.4. The molecule has 1 unspecified atom stereocenters. The van der Waals surface area contributed by atoms with Gasteiger partial charge in [-0.25, -0.2) is 4.39 Å². The lowest BCUT2D eigenvalue weighted by Crippen LogP contribution is -2.41. The van der Waals surface area contributed by atoms with Gasteiger partial charge in [0.25, 0.3) is 0 Å². The van der Waals surface area contributed by atoms with E-state index in [1.165, 1.54) is 6.92 Å². The van der Waals surface area contributed by atoms with E-state index in [1.807, 2.05) is 20.8 Å². The lowest BCUT2D eigenvalue weighted by molar-refractivity contribution is -0.142. The fourth-order valence-electron chi connectivity index (χ4n) is 0.870. The average molecular weight is 162 g/mol. The van der Waals surface area contributed by atoms with Crippen molar-refractivity contribution in [2.75, 3.05) is 0 Å². The molecule has 2 heteroatoms. The summed E-state index contributed by atoms with van der Waals surface area (Å²) in [5.41, 5.74) is -0.956. The molecule has 0 aromatic heterocycles. The minimum Gasteiger partial charge on any atom is -0.367 e. The molecule has 0 fully saturated rings. The van der Waals surface area contributed by atoms with Gasteiger partial charge in [0.15, 0.2) is 0 Å². The SMILES string of the molecule is CC(F)C(C)(C)OC(C)(C)C. The fourth-order valence-corrected chi connectivity index (χ4v) is 0.870. The van der Waals surface area contributed by atoms with Crippen molar-refractivity contribution in [2.24, 2.45) is 0 Å². The Morgan fingerprint density at radius 2 is 1.45 bits per heavy atom. The zero-order valence-electron chi connectivity index (χ0n) is 8.36. The highest BCUT2D eigenvalue weighted by Gasteiger charge is 2.31. The molecular weight excluding hydrogens is 143 g/mol. The highest BCUT2D eigenvalue weighted by molar-refractivity contribution is 4.79. The highest BCUT2D eigenvalue weighted by Crippen LogP contribution is 2.24. The zero-order chi connectivity index (χ0) is 9.28. The molecule has 0 aromatic rings. The average Bonchev–Trinajstić information content (AvgIpc) is 1.56. The Bertz CT molecular complexity index is 122. The quantitative estimate of drug-likeness (QED) is 0.606. The van der Waals surface area contributed by atoms with Gasteiger partial charge in [-0.1, -0.05) is 0 Å². The molecule has 0 saturated heterocycles. The van der Waals surface area contributed by atoms with Crippen molar-refractivity contribution in [3.8, 4) is 0 Å². The summed E-state index contributed by atoms with van der Waals surface area (Å²) in [6.07, 6.45) is -0.943. The van der Waals surface area contributed by atoms with E-state index in [1.54, 1.807) is 13.8 Å². The molecule has 1 nitrogen and oxygen atoms in total. The van der Waals surface area contributed by atoms with Crippen LogP contribution in [0.1, 0.15) is 41.5 Å². The second-order valence-electron chi connectivity index (χ2n) is 4.43. The predicted octanol–water partition coefficient (Wildman–Crippen LogP) is 2.94. The van der Waals surface area contributed by atoms with Gasteiger partial charge in [-0.2, -0.15) is 0 Å². The molecule has 1 atom stereocenters. The molecule has 0 radical (unpaired) electrons. The number of halogens is 1. The van der Waals surface area contributed by atoms with Gasteiger partial charge in [0.2, 0.25) is 0 Å². The molecule has 11 heavy (non-hydrogen) atoms. The third kappa shape index (κ3) is 4.35. The Morgan fingerprint density at radius 3 is 1.55 bits per heavy atom. The maximum Gasteiger partial charge on any atom is 0.126 e. The first kappa shape index (κ1) is 10.9. The van der Waals surface area contributed by atoms with Crippen molar-refractivity contribution in [1.29, 1.82) is 0 Å². The van der Waals surface area contributed by atoms with Gasteiger partial charge in [0.05, 0.1) is 11.2 Å². The maximum atomic E-state index is 12.9. The minimum atomic E-state index is -0.943. The van der Waals surface area contributed by atoms with E-state index in [0.717, 1.165) is 0 Å². The molecule has 0 aliphatic rings. The van der Waals surface area contributed by atoms with Gasteiger partial charge in [-0.15, -0.1) is 0 Å². The van der Waals surface area contributed by atoms with Crippen molar-refractivity contribution >= 4 is 0 Å². The summed E-state index contributed by atoms with van der Waals surface area (Å²) >= 11 is 0. The van der Waals surface area contributed by atoms with E-state index in [9.17, 15) is 4.39 Å². The number of ether oxygens (including phenoxy) is 1. The normalized spacial score (nSPS) is 16.6. The first-order valence-electron chi connectivity index (χ1n) is 3.99. The van der Waals surface area contributed by atoms with E-state index < -0.39 is 11.8 Å². The predicted molar refractivity (Wildman–Crippen MR) is 45.5 cm³/mol. The fraction of sp³-hybridized carbons (Fsp3) is 1.00. The van der Waals surface area contributed by atoms with Gasteiger partial charge in [-0.05, 0) is 41.5 Å². The molecule has 68 valence electrons. The Morgan fingerprint density at radius 1 is 1.09 bits per heavy atom. The van der Waals surface area contributed by atoms with Crippen LogP contribution in [0.4, 0.5) is 4.39 Å². The molecule has 0 amide bonds. The molecule has 0 rings (SSSR count). The van der Waals surface area contributed by atoms with E-state index in [2.05, 4.69) is 0 Å². The number of hydrogen-bond donors (Lipinski definition) is 0. The van der Waals surface area contributed by atoms with Crippen LogP contribution in [0.5, 0.6) is 0 Å². The summed E-state index contributed by atoms with van der Waals surface area (Å²) in [6, 6.07) is 0. The van der Waals surface area contributed by atoms with Crippen LogP contribution in [-0.4, -0.2) is 17.4 Å². The van der Waals surface area contributed by atoms with Crippen molar-refractivity contribution in [1.82, 2.24) is 0 Å². The Labute approximate surface area is 68.9 Å². The Hall–Kier alpha value is -0.110. The van der Waals surface area contributed by atoms with Gasteiger partial charge in [-0.3, -0.25) is 0 Å². The summed E-state index contributed by atoms with van der Waals surface area (Å²) in [7, 11) is 0. The molecule has 0 aromatic carbocycles. The standard InChI is InChI=1S/C9H19FO/c1-7(10)9(5,6)11-8(2,3)4/h7H,1-6H3. The van der Waals surface area contributed by atoms with E-state index >= 15 is 0 Å². The zero-order valence-corrected chi connectivity index (χ0v) is 8.36. The summed E-state index contributed by atoms with van der Waals surface area (Å²) in [4.78, 5) is 0. The van der Waals surface area contributed by atoms with Crippen molar-refractivity contribution in [3.05, 3.63) is 0 Å². The van der Waals surface area contributed by atoms with Crippen LogP contribution >= 0.6 is 0 Å². The second-order valence-corrected chi connectivity index (χ2v) is 4.43. The number of rotatable bonds is 2. The van der Waals surface area contributed by atoms with E-state index in [4.69, 9.17) is 4.74 Å². The van der Waals surface area contributed by atoms with Crippen molar-refractivity contribution < 1.29 is 9.13 Å². The van der Waals surface area contributed by atoms with Crippen LogP contribution in [0.3, 0.4) is 0 Å². The van der Waals surface area contributed by atoms with Crippen LogP contribution in [0, 0.1) is 0 Å². The topological polar surface area (TPSA) is 9.23 Å². The summed E-state index contributed by atoms with van der Waals surface area (Å²) in [5.74, 6) is 0. The van der Waals surface area contributed by atoms with Crippen molar-refractivity contribution in [2.45, 2.75) is 58.9 Å². The third-order valence-corrected chi connectivity index (χ3v) is 1.53. The van der Waals surface area contributed by atoms with Gasteiger partial charge >= 0.3 is 0 Å². The smallest absolute Gasteiger partial charge is 0.126 e. The van der Waals surface area contributed by atoms with Crippen LogP contribution in [0.15, 0.2) is 0 Å². The number of hydrogen-bond acceptors (Lipinski definition) is 1. The van der Waals surface area contributed by atoms with Crippen LogP contribution in [-0.2, 0) is 4.74 Å². The van der Waals surface area contributed by atoms with Crippen LogP contribution in [0.2, 0.25) is 0 Å². The van der Waals surface area contributed by atoms with Crippen LogP contribution in [0.25, 0.3) is 0 Å². The first-order chi connectivity index (χ1) is 4.65. The highest BCUT2D eigenvalue weighted by atomic mass is 19.1. The molecule has 0 heterocycles. The summed E-state index contributed by atoms with van der Waals surface area (Å²) in [6.45, 7) is 10.8. The monoisotopic (exact) mass is 162 g/mol. The lowest BCUT2D eigenvalue weighted by atomic mass is 10.0. The minimum absolute atomic E-state index is 0.274. The van der Waals surface area contributed by atoms with E-state index in [-0.39, 0.29) is 5.60 Å². The molecule has 0 saturated carbocycles. The first-order valence-corrected chi connectivity index (χ1v) is 3.99. The molecule has 0 spiro atoms. The van der Waals surface area contributed by atoms with Gasteiger partial charge in [0, 0.05) is 0 Å². The third-order valence-electron chi connectivity index (χ3n) is 1.53. The maximum absolute atomic E-state index is 12.9. The molecular formula is C9H19FO. The van der Waals surface area contributed by atoms with Gasteiger partial charge in [0.1, 0.15) is 6.17 Å². The van der Waals surface area contributed by atoms with Crippen LogP contribution < -0.4 is 0 Å².